The third kappa shape index (κ3) is 2.87. The van der Waals surface area contributed by atoms with Gasteiger partial charge in [-0.15, -0.1) is 0 Å². The lowest BCUT2D eigenvalue weighted by Crippen LogP contribution is -1.81. The standard InChI is InChI=1S/C14H7BrCl2N2O/c15-10-3-1-8(2-4-10)13-18-14(20-19-13)9-5-11(16)7-12(17)6-9/h1-7H. The molecule has 0 aliphatic heterocycles. The molecule has 1 aromatic heterocycles. The number of rotatable bonds is 2. The van der Waals surface area contributed by atoms with Gasteiger partial charge in [-0.05, 0) is 42.5 Å². The van der Waals surface area contributed by atoms with Crippen molar-refractivity contribution in [3.63, 3.8) is 0 Å². The number of halogens is 3. The molecule has 0 saturated carbocycles. The Hall–Kier alpha value is -1.36. The predicted molar refractivity (Wildman–Crippen MR) is 82.9 cm³/mol. The van der Waals surface area contributed by atoms with Crippen LogP contribution < -0.4 is 0 Å². The molecule has 0 aliphatic carbocycles. The van der Waals surface area contributed by atoms with Crippen molar-refractivity contribution in [1.29, 1.82) is 0 Å². The van der Waals surface area contributed by atoms with Gasteiger partial charge in [0.15, 0.2) is 0 Å². The summed E-state index contributed by atoms with van der Waals surface area (Å²) in [6.07, 6.45) is 0. The zero-order valence-electron chi connectivity index (χ0n) is 9.98. The van der Waals surface area contributed by atoms with Crippen molar-refractivity contribution in [2.75, 3.05) is 0 Å². The molecule has 3 rings (SSSR count). The topological polar surface area (TPSA) is 38.9 Å². The molecular formula is C14H7BrCl2N2O. The van der Waals surface area contributed by atoms with E-state index in [0.717, 1.165) is 10.0 Å². The van der Waals surface area contributed by atoms with Gasteiger partial charge in [0.2, 0.25) is 5.82 Å². The van der Waals surface area contributed by atoms with Crippen molar-refractivity contribution < 1.29 is 4.52 Å². The number of hydrogen-bond acceptors (Lipinski definition) is 3. The van der Waals surface area contributed by atoms with E-state index in [1.54, 1.807) is 18.2 Å². The summed E-state index contributed by atoms with van der Waals surface area (Å²) in [4.78, 5) is 4.35. The predicted octanol–water partition coefficient (Wildman–Crippen LogP) is 5.47. The Morgan fingerprint density at radius 1 is 0.900 bits per heavy atom. The number of nitrogens with zero attached hydrogens (tertiary/aromatic N) is 2. The van der Waals surface area contributed by atoms with Gasteiger partial charge in [0.05, 0.1) is 0 Å². The van der Waals surface area contributed by atoms with Gasteiger partial charge >= 0.3 is 0 Å². The maximum atomic E-state index is 5.96. The summed E-state index contributed by atoms with van der Waals surface area (Å²) in [5, 5.41) is 5.01. The lowest BCUT2D eigenvalue weighted by molar-refractivity contribution is 0.432. The van der Waals surface area contributed by atoms with Crippen molar-refractivity contribution in [2.24, 2.45) is 0 Å². The molecule has 0 N–H and O–H groups in total. The van der Waals surface area contributed by atoms with E-state index in [1.807, 2.05) is 24.3 Å². The molecule has 0 amide bonds. The fraction of sp³-hybridized carbons (Fsp3) is 0. The van der Waals surface area contributed by atoms with E-state index < -0.39 is 0 Å². The second kappa shape index (κ2) is 5.56. The van der Waals surface area contributed by atoms with E-state index in [1.165, 1.54) is 0 Å². The molecule has 0 atom stereocenters. The maximum absolute atomic E-state index is 5.96. The van der Waals surface area contributed by atoms with Crippen LogP contribution in [0.5, 0.6) is 0 Å². The average molecular weight is 370 g/mol. The Bertz CT molecular complexity index is 736. The van der Waals surface area contributed by atoms with Crippen molar-refractivity contribution in [3.8, 4) is 22.8 Å². The van der Waals surface area contributed by atoms with Crippen LogP contribution in [0.3, 0.4) is 0 Å². The molecule has 0 aliphatic rings. The second-order valence-corrected chi connectivity index (χ2v) is 5.88. The molecule has 0 spiro atoms. The maximum Gasteiger partial charge on any atom is 0.258 e. The van der Waals surface area contributed by atoms with Gasteiger partial charge in [-0.25, -0.2) is 0 Å². The zero-order valence-corrected chi connectivity index (χ0v) is 13.1. The zero-order chi connectivity index (χ0) is 14.1. The summed E-state index contributed by atoms with van der Waals surface area (Å²) >= 11 is 15.3. The van der Waals surface area contributed by atoms with Gasteiger partial charge < -0.3 is 4.52 Å². The molecule has 3 aromatic rings. The van der Waals surface area contributed by atoms with Crippen molar-refractivity contribution in [1.82, 2.24) is 10.1 Å². The highest BCUT2D eigenvalue weighted by Crippen LogP contribution is 2.28. The fourth-order valence-electron chi connectivity index (χ4n) is 1.73. The summed E-state index contributed by atoms with van der Waals surface area (Å²) in [5.74, 6) is 0.899. The largest absolute Gasteiger partial charge is 0.334 e. The minimum Gasteiger partial charge on any atom is -0.334 e. The highest BCUT2D eigenvalue weighted by Gasteiger charge is 2.11. The first kappa shape index (κ1) is 13.6. The summed E-state index contributed by atoms with van der Waals surface area (Å²) in [6, 6.07) is 12.8. The fourth-order valence-corrected chi connectivity index (χ4v) is 2.52. The first-order valence-electron chi connectivity index (χ1n) is 5.68. The Kier molecular flexibility index (Phi) is 3.78. The first-order valence-corrected chi connectivity index (χ1v) is 7.23. The third-order valence-corrected chi connectivity index (χ3v) is 3.60. The molecular weight excluding hydrogens is 363 g/mol. The van der Waals surface area contributed by atoms with E-state index in [0.29, 0.717) is 27.3 Å². The summed E-state index contributed by atoms with van der Waals surface area (Å²) in [6.45, 7) is 0. The molecule has 1 heterocycles. The summed E-state index contributed by atoms with van der Waals surface area (Å²) in [7, 11) is 0. The molecule has 0 unspecified atom stereocenters. The highest BCUT2D eigenvalue weighted by atomic mass is 79.9. The quantitative estimate of drug-likeness (QED) is 0.600. The Morgan fingerprint density at radius 2 is 1.55 bits per heavy atom. The molecule has 0 fully saturated rings. The van der Waals surface area contributed by atoms with Gasteiger partial charge in [0.25, 0.3) is 5.89 Å². The minimum absolute atomic E-state index is 0.382. The van der Waals surface area contributed by atoms with Crippen molar-refractivity contribution >= 4 is 39.1 Å². The van der Waals surface area contributed by atoms with Gasteiger partial charge in [-0.2, -0.15) is 4.98 Å². The molecule has 2 aromatic carbocycles. The molecule has 0 radical (unpaired) electrons. The minimum atomic E-state index is 0.382. The van der Waals surface area contributed by atoms with Crippen LogP contribution >= 0.6 is 39.1 Å². The molecule has 3 nitrogen and oxygen atoms in total. The first-order chi connectivity index (χ1) is 9.61. The Morgan fingerprint density at radius 3 is 2.20 bits per heavy atom. The highest BCUT2D eigenvalue weighted by molar-refractivity contribution is 9.10. The van der Waals surface area contributed by atoms with Crippen LogP contribution in [0, 0.1) is 0 Å². The smallest absolute Gasteiger partial charge is 0.258 e. The van der Waals surface area contributed by atoms with Crippen LogP contribution in [0.15, 0.2) is 51.5 Å². The normalized spacial score (nSPS) is 10.8. The van der Waals surface area contributed by atoms with Crippen LogP contribution in [0.1, 0.15) is 0 Å². The van der Waals surface area contributed by atoms with E-state index in [2.05, 4.69) is 26.1 Å². The van der Waals surface area contributed by atoms with E-state index in [9.17, 15) is 0 Å². The van der Waals surface area contributed by atoms with Crippen LogP contribution in [-0.2, 0) is 0 Å². The van der Waals surface area contributed by atoms with Gasteiger partial charge in [-0.1, -0.05) is 44.3 Å². The second-order valence-electron chi connectivity index (χ2n) is 4.09. The number of aromatic nitrogens is 2. The van der Waals surface area contributed by atoms with Crippen LogP contribution in [0.25, 0.3) is 22.8 Å². The summed E-state index contributed by atoms with van der Waals surface area (Å²) in [5.41, 5.74) is 1.56. The Balaban J connectivity index is 1.99. The van der Waals surface area contributed by atoms with E-state index in [-0.39, 0.29) is 0 Å². The lowest BCUT2D eigenvalue weighted by Gasteiger charge is -1.97. The van der Waals surface area contributed by atoms with Crippen molar-refractivity contribution in [2.45, 2.75) is 0 Å². The van der Waals surface area contributed by atoms with Gasteiger partial charge in [0.1, 0.15) is 0 Å². The van der Waals surface area contributed by atoms with Gasteiger partial charge in [-0.3, -0.25) is 0 Å². The monoisotopic (exact) mass is 368 g/mol. The SMILES string of the molecule is Clc1cc(Cl)cc(-c2nc(-c3ccc(Br)cc3)no2)c1. The van der Waals surface area contributed by atoms with Gasteiger partial charge in [0, 0.05) is 25.6 Å². The Labute approximate surface area is 133 Å². The molecule has 6 heteroatoms. The summed E-state index contributed by atoms with van der Waals surface area (Å²) < 4.78 is 6.25. The number of hydrogen-bond donors (Lipinski definition) is 0. The van der Waals surface area contributed by atoms with Crippen LogP contribution in [0.4, 0.5) is 0 Å². The molecule has 20 heavy (non-hydrogen) atoms. The molecule has 0 bridgehead atoms. The van der Waals surface area contributed by atoms with Crippen LogP contribution in [0.2, 0.25) is 10.0 Å². The average Bonchev–Trinajstić information content (AvgIpc) is 2.88. The van der Waals surface area contributed by atoms with E-state index >= 15 is 0 Å². The van der Waals surface area contributed by atoms with Crippen molar-refractivity contribution in [3.05, 3.63) is 57.0 Å². The third-order valence-electron chi connectivity index (χ3n) is 2.64. The lowest BCUT2D eigenvalue weighted by atomic mass is 10.2. The number of benzene rings is 2. The van der Waals surface area contributed by atoms with Crippen LogP contribution in [-0.4, -0.2) is 10.1 Å². The molecule has 100 valence electrons. The molecule has 0 saturated heterocycles. The van der Waals surface area contributed by atoms with E-state index in [4.69, 9.17) is 27.7 Å².